The molecule has 0 amide bonds. The fourth-order valence-corrected chi connectivity index (χ4v) is 6.98. The first kappa shape index (κ1) is 25.6. The van der Waals surface area contributed by atoms with E-state index in [1.807, 2.05) is 0 Å². The van der Waals surface area contributed by atoms with Crippen LogP contribution in [-0.4, -0.2) is 0 Å². The van der Waals surface area contributed by atoms with Gasteiger partial charge >= 0.3 is 0 Å². The van der Waals surface area contributed by atoms with E-state index in [-0.39, 0.29) is 0 Å². The lowest BCUT2D eigenvalue weighted by Crippen LogP contribution is -1.91. The summed E-state index contributed by atoms with van der Waals surface area (Å²) >= 11 is 0. The van der Waals surface area contributed by atoms with Crippen LogP contribution in [0.4, 0.5) is 0 Å². The molecule has 0 atom stereocenters. The number of fused-ring (bicyclic) bond motifs is 5. The van der Waals surface area contributed by atoms with Crippen molar-refractivity contribution in [2.45, 2.75) is 0 Å². The van der Waals surface area contributed by atoms with Crippen LogP contribution < -0.4 is 0 Å². The van der Waals surface area contributed by atoms with Crippen LogP contribution in [0, 0.1) is 0 Å². The molecule has 0 unspecified atom stereocenters. The second-order valence-electron chi connectivity index (χ2n) is 11.7. The summed E-state index contributed by atoms with van der Waals surface area (Å²) in [5.41, 5.74) is 11.6. The van der Waals surface area contributed by atoms with Gasteiger partial charge in [-0.2, -0.15) is 0 Å². The van der Waals surface area contributed by atoms with Gasteiger partial charge in [0, 0.05) is 10.8 Å². The summed E-state index contributed by atoms with van der Waals surface area (Å²) in [5, 5.41) is 7.26. The van der Waals surface area contributed by atoms with E-state index in [9.17, 15) is 0 Å². The second kappa shape index (κ2) is 10.4. The van der Waals surface area contributed by atoms with E-state index in [4.69, 9.17) is 4.42 Å². The summed E-state index contributed by atoms with van der Waals surface area (Å²) in [5.74, 6) is 0. The Morgan fingerprint density at radius 2 is 0.622 bits per heavy atom. The van der Waals surface area contributed by atoms with E-state index in [0.29, 0.717) is 0 Å². The fraction of sp³-hybridized carbons (Fsp3) is 0. The quantitative estimate of drug-likeness (QED) is 0.191. The Kier molecular flexibility index (Phi) is 5.89. The molecule has 1 heterocycles. The number of rotatable bonds is 4. The van der Waals surface area contributed by atoms with Crippen molar-refractivity contribution in [3.63, 3.8) is 0 Å². The lowest BCUT2D eigenvalue weighted by atomic mass is 9.85. The lowest BCUT2D eigenvalue weighted by Gasteiger charge is -2.18. The first-order valence-electron chi connectivity index (χ1n) is 15.4. The Morgan fingerprint density at radius 1 is 0.244 bits per heavy atom. The molecule has 1 aromatic heterocycles. The smallest absolute Gasteiger partial charge is 0.135 e. The Labute approximate surface area is 261 Å². The van der Waals surface area contributed by atoms with Gasteiger partial charge < -0.3 is 4.42 Å². The standard InChI is InChI=1S/C44H28O/c1-3-12-29(13-4-1)31-16-11-17-33(26-31)43-35-18-7-9-20-37(35)44(38-21-10-8-19-36(38)43)34-23-25-42-40(28-34)39-27-32(22-24-41(39)45-42)30-14-5-2-6-15-30/h1-28H. The number of hydrogen-bond donors (Lipinski definition) is 0. The van der Waals surface area contributed by atoms with Crippen LogP contribution in [0.5, 0.6) is 0 Å². The maximum atomic E-state index is 6.33. The van der Waals surface area contributed by atoms with Gasteiger partial charge in [-0.05, 0) is 96.4 Å². The Balaban J connectivity index is 1.29. The predicted molar refractivity (Wildman–Crippen MR) is 190 cm³/mol. The Bertz CT molecular complexity index is 2460. The van der Waals surface area contributed by atoms with Crippen molar-refractivity contribution < 1.29 is 4.42 Å². The molecule has 9 rings (SSSR count). The number of furan rings is 1. The summed E-state index contributed by atoms with van der Waals surface area (Å²) in [6, 6.07) is 61.0. The Hall–Kier alpha value is -5.92. The van der Waals surface area contributed by atoms with Crippen molar-refractivity contribution in [3.8, 4) is 44.5 Å². The molecule has 0 fully saturated rings. The normalized spacial score (nSPS) is 11.6. The molecule has 0 saturated heterocycles. The van der Waals surface area contributed by atoms with Gasteiger partial charge in [0.1, 0.15) is 11.2 Å². The highest BCUT2D eigenvalue weighted by atomic mass is 16.3. The Morgan fingerprint density at radius 3 is 1.16 bits per heavy atom. The molecule has 0 saturated carbocycles. The highest BCUT2D eigenvalue weighted by Crippen LogP contribution is 2.45. The minimum absolute atomic E-state index is 0.905. The molecule has 1 heteroatoms. The average molecular weight is 573 g/mol. The molecule has 0 bridgehead atoms. The van der Waals surface area contributed by atoms with Gasteiger partial charge in [0.15, 0.2) is 0 Å². The molecule has 1 nitrogen and oxygen atoms in total. The average Bonchev–Trinajstić information content (AvgIpc) is 3.48. The van der Waals surface area contributed by atoms with Crippen molar-refractivity contribution in [1.29, 1.82) is 0 Å². The van der Waals surface area contributed by atoms with E-state index < -0.39 is 0 Å². The fourth-order valence-electron chi connectivity index (χ4n) is 6.98. The molecule has 45 heavy (non-hydrogen) atoms. The summed E-state index contributed by atoms with van der Waals surface area (Å²) in [4.78, 5) is 0. The minimum atomic E-state index is 0.905. The molecule has 0 aliphatic heterocycles. The van der Waals surface area contributed by atoms with Gasteiger partial charge in [0.2, 0.25) is 0 Å². The number of benzene rings is 8. The van der Waals surface area contributed by atoms with Crippen LogP contribution in [0.2, 0.25) is 0 Å². The molecule has 0 radical (unpaired) electrons. The minimum Gasteiger partial charge on any atom is -0.456 e. The summed E-state index contributed by atoms with van der Waals surface area (Å²) in [7, 11) is 0. The second-order valence-corrected chi connectivity index (χ2v) is 11.7. The molecule has 210 valence electrons. The van der Waals surface area contributed by atoms with Crippen LogP contribution >= 0.6 is 0 Å². The highest BCUT2D eigenvalue weighted by Gasteiger charge is 2.18. The molecule has 9 aromatic rings. The van der Waals surface area contributed by atoms with Crippen molar-refractivity contribution >= 4 is 43.5 Å². The van der Waals surface area contributed by atoms with Gasteiger partial charge in [-0.15, -0.1) is 0 Å². The van der Waals surface area contributed by atoms with Crippen LogP contribution in [0.15, 0.2) is 174 Å². The molecule has 0 aliphatic rings. The van der Waals surface area contributed by atoms with E-state index in [1.54, 1.807) is 0 Å². The largest absolute Gasteiger partial charge is 0.456 e. The van der Waals surface area contributed by atoms with Crippen molar-refractivity contribution in [1.82, 2.24) is 0 Å². The monoisotopic (exact) mass is 572 g/mol. The first-order valence-corrected chi connectivity index (χ1v) is 15.4. The summed E-state index contributed by atoms with van der Waals surface area (Å²) in [6.45, 7) is 0. The zero-order valence-electron chi connectivity index (χ0n) is 24.6. The van der Waals surface area contributed by atoms with Gasteiger partial charge in [-0.1, -0.05) is 140 Å². The van der Waals surface area contributed by atoms with E-state index >= 15 is 0 Å². The van der Waals surface area contributed by atoms with Crippen LogP contribution in [-0.2, 0) is 0 Å². The molecule has 0 N–H and O–H groups in total. The summed E-state index contributed by atoms with van der Waals surface area (Å²) in [6.07, 6.45) is 0. The third-order valence-corrected chi connectivity index (χ3v) is 9.05. The van der Waals surface area contributed by atoms with E-state index in [2.05, 4.69) is 170 Å². The molecule has 0 aliphatic carbocycles. The van der Waals surface area contributed by atoms with Crippen LogP contribution in [0.1, 0.15) is 0 Å². The van der Waals surface area contributed by atoms with Crippen molar-refractivity contribution in [3.05, 3.63) is 170 Å². The van der Waals surface area contributed by atoms with Crippen LogP contribution in [0.25, 0.3) is 88.0 Å². The third kappa shape index (κ3) is 4.24. The van der Waals surface area contributed by atoms with Gasteiger partial charge in [0.25, 0.3) is 0 Å². The lowest BCUT2D eigenvalue weighted by molar-refractivity contribution is 0.669. The number of hydrogen-bond acceptors (Lipinski definition) is 1. The van der Waals surface area contributed by atoms with Gasteiger partial charge in [-0.25, -0.2) is 0 Å². The van der Waals surface area contributed by atoms with E-state index in [1.165, 1.54) is 66.1 Å². The van der Waals surface area contributed by atoms with Crippen molar-refractivity contribution in [2.75, 3.05) is 0 Å². The zero-order chi connectivity index (χ0) is 29.7. The molecule has 0 spiro atoms. The first-order chi connectivity index (χ1) is 22.3. The molecule has 8 aromatic carbocycles. The van der Waals surface area contributed by atoms with Crippen LogP contribution in [0.3, 0.4) is 0 Å². The maximum Gasteiger partial charge on any atom is 0.135 e. The summed E-state index contributed by atoms with van der Waals surface area (Å²) < 4.78 is 6.33. The van der Waals surface area contributed by atoms with E-state index in [0.717, 1.165) is 21.9 Å². The molecular weight excluding hydrogens is 544 g/mol. The topological polar surface area (TPSA) is 13.1 Å². The SMILES string of the molecule is c1ccc(-c2cccc(-c3c4ccccc4c(-c4ccc5oc6ccc(-c7ccccc7)cc6c5c4)c4ccccc34)c2)cc1. The maximum absolute atomic E-state index is 6.33. The van der Waals surface area contributed by atoms with Crippen molar-refractivity contribution in [2.24, 2.45) is 0 Å². The molecular formula is C44H28O. The third-order valence-electron chi connectivity index (χ3n) is 9.05. The predicted octanol–water partition coefficient (Wildman–Crippen LogP) is 12.6. The zero-order valence-corrected chi connectivity index (χ0v) is 24.6. The van der Waals surface area contributed by atoms with Gasteiger partial charge in [0.05, 0.1) is 0 Å². The van der Waals surface area contributed by atoms with Gasteiger partial charge in [-0.3, -0.25) is 0 Å². The highest BCUT2D eigenvalue weighted by molar-refractivity contribution is 6.22.